The van der Waals surface area contributed by atoms with Crippen LogP contribution in [0.3, 0.4) is 0 Å². The standard InChI is InChI=1S/C29H36N6O2/c1-21(2)35-20-22(18-31-35)29-19-30-27-9-8-23(16-28(27)32-29)34(13-7-12-33-10-5-6-11-33)24-14-25(36-3)17-26(15-24)37-4/h8-9,14-21H,5-7,10-13H2,1-4H3. The van der Waals surface area contributed by atoms with Crippen molar-refractivity contribution in [3.05, 3.63) is 55.0 Å². The number of benzene rings is 2. The highest BCUT2D eigenvalue weighted by Crippen LogP contribution is 2.34. The van der Waals surface area contributed by atoms with Crippen molar-refractivity contribution in [2.75, 3.05) is 45.3 Å². The van der Waals surface area contributed by atoms with E-state index in [1.807, 2.05) is 35.4 Å². The smallest absolute Gasteiger partial charge is 0.124 e. The van der Waals surface area contributed by atoms with E-state index < -0.39 is 0 Å². The first-order valence-electron chi connectivity index (χ1n) is 13.1. The lowest BCUT2D eigenvalue weighted by Crippen LogP contribution is -2.26. The predicted octanol–water partition coefficient (Wildman–Crippen LogP) is 5.72. The number of likely N-dealkylation sites (tertiary alicyclic amines) is 1. The number of anilines is 2. The first kappa shape index (κ1) is 25.0. The Morgan fingerprint density at radius 3 is 2.35 bits per heavy atom. The summed E-state index contributed by atoms with van der Waals surface area (Å²) in [6.45, 7) is 8.59. The molecule has 37 heavy (non-hydrogen) atoms. The molecule has 1 aliphatic heterocycles. The van der Waals surface area contributed by atoms with E-state index in [1.54, 1.807) is 14.2 Å². The maximum atomic E-state index is 5.58. The van der Waals surface area contributed by atoms with Gasteiger partial charge in [0.1, 0.15) is 11.5 Å². The number of ether oxygens (including phenoxy) is 2. The van der Waals surface area contributed by atoms with Crippen molar-refractivity contribution >= 4 is 22.4 Å². The molecule has 2 aromatic carbocycles. The van der Waals surface area contributed by atoms with Gasteiger partial charge in [-0.2, -0.15) is 5.10 Å². The second-order valence-electron chi connectivity index (χ2n) is 9.86. The summed E-state index contributed by atoms with van der Waals surface area (Å²) in [6.07, 6.45) is 9.36. The molecule has 0 radical (unpaired) electrons. The fourth-order valence-corrected chi connectivity index (χ4v) is 4.87. The molecule has 0 spiro atoms. The van der Waals surface area contributed by atoms with Gasteiger partial charge in [0.2, 0.25) is 0 Å². The zero-order chi connectivity index (χ0) is 25.8. The van der Waals surface area contributed by atoms with Crippen molar-refractivity contribution in [2.24, 2.45) is 0 Å². The van der Waals surface area contributed by atoms with Gasteiger partial charge in [-0.1, -0.05) is 0 Å². The number of hydrogen-bond donors (Lipinski definition) is 0. The summed E-state index contributed by atoms with van der Waals surface area (Å²) in [5, 5.41) is 4.47. The van der Waals surface area contributed by atoms with Crippen molar-refractivity contribution < 1.29 is 9.47 Å². The highest BCUT2D eigenvalue weighted by Gasteiger charge is 2.17. The van der Waals surface area contributed by atoms with Crippen LogP contribution in [0.4, 0.5) is 11.4 Å². The fraction of sp³-hybridized carbons (Fsp3) is 0.414. The zero-order valence-electron chi connectivity index (χ0n) is 22.2. The highest BCUT2D eigenvalue weighted by molar-refractivity contribution is 5.82. The average Bonchev–Trinajstić information content (AvgIpc) is 3.63. The molecular weight excluding hydrogens is 464 g/mol. The maximum absolute atomic E-state index is 5.58. The van der Waals surface area contributed by atoms with Gasteiger partial charge in [0.05, 0.1) is 43.3 Å². The molecule has 0 unspecified atom stereocenters. The molecule has 5 rings (SSSR count). The molecule has 2 aromatic heterocycles. The van der Waals surface area contributed by atoms with Gasteiger partial charge < -0.3 is 19.3 Å². The molecule has 8 nitrogen and oxygen atoms in total. The third-order valence-corrected chi connectivity index (χ3v) is 6.97. The largest absolute Gasteiger partial charge is 0.497 e. The van der Waals surface area contributed by atoms with Crippen LogP contribution in [-0.2, 0) is 0 Å². The molecule has 4 aromatic rings. The van der Waals surface area contributed by atoms with Gasteiger partial charge in [-0.3, -0.25) is 9.67 Å². The lowest BCUT2D eigenvalue weighted by Gasteiger charge is -2.27. The Kier molecular flexibility index (Phi) is 7.55. The van der Waals surface area contributed by atoms with Crippen LogP contribution in [0.2, 0.25) is 0 Å². The van der Waals surface area contributed by atoms with Gasteiger partial charge in [-0.25, -0.2) is 4.98 Å². The van der Waals surface area contributed by atoms with Crippen molar-refractivity contribution in [2.45, 2.75) is 39.2 Å². The van der Waals surface area contributed by atoms with Gasteiger partial charge in [0.25, 0.3) is 0 Å². The summed E-state index contributed by atoms with van der Waals surface area (Å²) in [4.78, 5) is 14.5. The molecule has 3 heterocycles. The Morgan fingerprint density at radius 1 is 0.919 bits per heavy atom. The van der Waals surface area contributed by atoms with E-state index in [-0.39, 0.29) is 0 Å². The van der Waals surface area contributed by atoms with Crippen molar-refractivity contribution in [1.29, 1.82) is 0 Å². The number of nitrogens with zero attached hydrogens (tertiary/aromatic N) is 6. The normalized spacial score (nSPS) is 14.0. The number of methoxy groups -OCH3 is 2. The summed E-state index contributed by atoms with van der Waals surface area (Å²) in [5.74, 6) is 1.54. The second-order valence-corrected chi connectivity index (χ2v) is 9.86. The molecule has 1 fully saturated rings. The van der Waals surface area contributed by atoms with E-state index in [1.165, 1.54) is 25.9 Å². The summed E-state index contributed by atoms with van der Waals surface area (Å²) in [5.41, 5.74) is 5.59. The maximum Gasteiger partial charge on any atom is 0.124 e. The first-order chi connectivity index (χ1) is 18.0. The second kappa shape index (κ2) is 11.2. The van der Waals surface area contributed by atoms with E-state index in [2.05, 4.69) is 58.0 Å². The minimum atomic E-state index is 0.294. The Labute approximate surface area is 218 Å². The van der Waals surface area contributed by atoms with E-state index in [9.17, 15) is 0 Å². The van der Waals surface area contributed by atoms with E-state index in [4.69, 9.17) is 14.5 Å². The van der Waals surface area contributed by atoms with Gasteiger partial charge in [-0.05, 0) is 70.9 Å². The number of fused-ring (bicyclic) bond motifs is 1. The van der Waals surface area contributed by atoms with Gasteiger partial charge in [0.15, 0.2) is 0 Å². The third kappa shape index (κ3) is 5.69. The molecule has 0 aliphatic carbocycles. The molecule has 0 amide bonds. The predicted molar refractivity (Wildman–Crippen MR) is 148 cm³/mol. The summed E-state index contributed by atoms with van der Waals surface area (Å²) >= 11 is 0. The minimum Gasteiger partial charge on any atom is -0.497 e. The minimum absolute atomic E-state index is 0.294. The van der Waals surface area contributed by atoms with Crippen molar-refractivity contribution in [3.8, 4) is 22.8 Å². The zero-order valence-corrected chi connectivity index (χ0v) is 22.2. The monoisotopic (exact) mass is 500 g/mol. The molecule has 0 N–H and O–H groups in total. The lowest BCUT2D eigenvalue weighted by atomic mass is 10.1. The fourth-order valence-electron chi connectivity index (χ4n) is 4.87. The molecule has 1 saturated heterocycles. The Hall–Kier alpha value is -3.65. The van der Waals surface area contributed by atoms with Crippen LogP contribution in [0.5, 0.6) is 11.5 Å². The Balaban J connectivity index is 1.49. The van der Waals surface area contributed by atoms with E-state index in [0.29, 0.717) is 6.04 Å². The van der Waals surface area contributed by atoms with Crippen LogP contribution in [0.25, 0.3) is 22.3 Å². The third-order valence-electron chi connectivity index (χ3n) is 6.97. The molecule has 8 heteroatoms. The molecule has 0 bridgehead atoms. The SMILES string of the molecule is COc1cc(OC)cc(N(CCCN2CCCC2)c2ccc3ncc(-c4cnn(C(C)C)c4)nc3c2)c1. The van der Waals surface area contributed by atoms with Crippen molar-refractivity contribution in [3.63, 3.8) is 0 Å². The Bertz CT molecular complexity index is 1320. The van der Waals surface area contributed by atoms with E-state index >= 15 is 0 Å². The molecule has 1 aliphatic rings. The van der Waals surface area contributed by atoms with Crippen LogP contribution in [0.1, 0.15) is 39.2 Å². The van der Waals surface area contributed by atoms with Crippen LogP contribution < -0.4 is 14.4 Å². The van der Waals surface area contributed by atoms with Crippen LogP contribution in [0.15, 0.2) is 55.0 Å². The highest BCUT2D eigenvalue weighted by atomic mass is 16.5. The van der Waals surface area contributed by atoms with Crippen LogP contribution >= 0.6 is 0 Å². The van der Waals surface area contributed by atoms with Gasteiger partial charge in [0, 0.05) is 53.9 Å². The quantitative estimate of drug-likeness (QED) is 0.276. The van der Waals surface area contributed by atoms with Crippen molar-refractivity contribution in [1.82, 2.24) is 24.6 Å². The number of aromatic nitrogens is 4. The van der Waals surface area contributed by atoms with Gasteiger partial charge in [-0.15, -0.1) is 0 Å². The molecule has 0 atom stereocenters. The number of hydrogen-bond acceptors (Lipinski definition) is 7. The molecule has 0 saturated carbocycles. The van der Waals surface area contributed by atoms with Crippen LogP contribution in [0, 0.1) is 0 Å². The number of rotatable bonds is 10. The summed E-state index contributed by atoms with van der Waals surface area (Å²) in [6, 6.07) is 12.6. The lowest BCUT2D eigenvalue weighted by molar-refractivity contribution is 0.336. The first-order valence-corrected chi connectivity index (χ1v) is 13.1. The topological polar surface area (TPSA) is 68.5 Å². The summed E-state index contributed by atoms with van der Waals surface area (Å²) < 4.78 is 13.1. The summed E-state index contributed by atoms with van der Waals surface area (Å²) in [7, 11) is 3.37. The molecular formula is C29H36N6O2. The van der Waals surface area contributed by atoms with Crippen LogP contribution in [-0.4, -0.2) is 65.0 Å². The van der Waals surface area contributed by atoms with Gasteiger partial charge >= 0.3 is 0 Å². The van der Waals surface area contributed by atoms with E-state index in [0.717, 1.165) is 64.7 Å². The molecule has 194 valence electrons. The average molecular weight is 501 g/mol. The Morgan fingerprint density at radius 2 is 1.68 bits per heavy atom.